The third kappa shape index (κ3) is 1.22. The molecule has 0 spiro atoms. The molecule has 0 amide bonds. The highest BCUT2D eigenvalue weighted by Crippen LogP contribution is 1.92. The van der Waals surface area contributed by atoms with Gasteiger partial charge in [-0.05, 0) is 12.2 Å². The van der Waals surface area contributed by atoms with Crippen LogP contribution in [0.2, 0.25) is 0 Å². The van der Waals surface area contributed by atoms with E-state index >= 15 is 0 Å². The van der Waals surface area contributed by atoms with Gasteiger partial charge in [-0.2, -0.15) is 0 Å². The van der Waals surface area contributed by atoms with Crippen LogP contribution in [0.25, 0.3) is 0 Å². The van der Waals surface area contributed by atoms with E-state index in [1.54, 1.807) is 12.3 Å². The van der Waals surface area contributed by atoms with Crippen LogP contribution in [-0.2, 0) is 9.59 Å². The van der Waals surface area contributed by atoms with Gasteiger partial charge in [-0.25, -0.2) is 0 Å². The first-order valence-electron chi connectivity index (χ1n) is 2.72. The summed E-state index contributed by atoms with van der Waals surface area (Å²) in [6.07, 6.45) is 5.03. The molecule has 0 aromatic carbocycles. The number of aldehydes is 1. The summed E-state index contributed by atoms with van der Waals surface area (Å²) in [6.45, 7) is 0. The fraction of sp³-hybridized carbons (Fsp3) is 0. The van der Waals surface area contributed by atoms with Crippen LogP contribution < -0.4 is 10.9 Å². The van der Waals surface area contributed by atoms with Gasteiger partial charge in [0.25, 0.3) is 0 Å². The number of hydrogen-bond acceptors (Lipinski definition) is 4. The summed E-state index contributed by atoms with van der Waals surface area (Å²) in [7, 11) is 0. The topological polar surface area (TPSA) is 58.2 Å². The lowest BCUT2D eigenvalue weighted by Gasteiger charge is -2.08. The minimum absolute atomic E-state index is 0.262. The smallest absolute Gasteiger partial charge is 0.242 e. The fourth-order valence-corrected chi connectivity index (χ4v) is 0.561. The molecule has 0 atom stereocenters. The molecule has 0 aromatic heterocycles. The first-order chi connectivity index (χ1) is 4.84. The predicted molar refractivity (Wildman–Crippen MR) is 34.6 cm³/mol. The molecule has 0 aliphatic carbocycles. The molecule has 4 nitrogen and oxygen atoms in total. The van der Waals surface area contributed by atoms with Gasteiger partial charge in [0.05, 0.1) is 0 Å². The lowest BCUT2D eigenvalue weighted by atomic mass is 10.3. The Hall–Kier alpha value is -1.58. The fourth-order valence-electron chi connectivity index (χ4n) is 0.561. The second-order valence-electron chi connectivity index (χ2n) is 1.69. The van der Waals surface area contributed by atoms with Crippen molar-refractivity contribution in [2.24, 2.45) is 0 Å². The molecule has 4 heteroatoms. The molecule has 52 valence electrons. The van der Waals surface area contributed by atoms with E-state index in [4.69, 9.17) is 0 Å². The summed E-state index contributed by atoms with van der Waals surface area (Å²) in [5.74, 6) is -0.558. The van der Waals surface area contributed by atoms with Gasteiger partial charge in [0.2, 0.25) is 5.78 Å². The van der Waals surface area contributed by atoms with Crippen molar-refractivity contribution in [3.63, 3.8) is 0 Å². The van der Waals surface area contributed by atoms with Gasteiger partial charge in [-0.15, -0.1) is 0 Å². The zero-order chi connectivity index (χ0) is 7.40. The molecule has 0 unspecified atom stereocenters. The van der Waals surface area contributed by atoms with Crippen LogP contribution in [0.5, 0.6) is 0 Å². The van der Waals surface area contributed by atoms with Crippen molar-refractivity contribution >= 4 is 12.1 Å². The van der Waals surface area contributed by atoms with Crippen molar-refractivity contribution < 1.29 is 9.59 Å². The Balaban J connectivity index is 2.71. The Labute approximate surface area is 57.6 Å². The number of nitrogens with one attached hydrogen (secondary N) is 2. The molecule has 10 heavy (non-hydrogen) atoms. The Bertz CT molecular complexity index is 218. The number of carbonyl (C=O) groups excluding carboxylic acids is 2. The molecule has 1 heterocycles. The van der Waals surface area contributed by atoms with Crippen molar-refractivity contribution in [3.05, 3.63) is 24.0 Å². The maximum atomic E-state index is 10.6. The van der Waals surface area contributed by atoms with Gasteiger partial charge in [-0.1, -0.05) is 0 Å². The number of carbonyl (C=O) groups is 2. The molecule has 0 bridgehead atoms. The van der Waals surface area contributed by atoms with E-state index < -0.39 is 5.78 Å². The molecule has 0 aromatic rings. The summed E-state index contributed by atoms with van der Waals surface area (Å²) in [5, 5.41) is 0. The SMILES string of the molecule is O=CC(=O)C1=CC=CNN1. The molecule has 1 rings (SSSR count). The van der Waals surface area contributed by atoms with Gasteiger partial charge in [0.1, 0.15) is 5.70 Å². The third-order valence-corrected chi connectivity index (χ3v) is 1.02. The second-order valence-corrected chi connectivity index (χ2v) is 1.69. The Morgan fingerprint density at radius 1 is 1.60 bits per heavy atom. The predicted octanol–water partition coefficient (Wildman–Crippen LogP) is -0.740. The van der Waals surface area contributed by atoms with Gasteiger partial charge >= 0.3 is 0 Å². The standard InChI is InChI=1S/C6H6N2O2/c9-4-6(10)5-2-1-3-7-8-5/h1-4,7-8H. The van der Waals surface area contributed by atoms with Crippen LogP contribution in [0.15, 0.2) is 24.0 Å². The Morgan fingerprint density at radius 2 is 2.40 bits per heavy atom. The minimum atomic E-state index is -0.558. The van der Waals surface area contributed by atoms with Crippen molar-refractivity contribution in [1.82, 2.24) is 10.9 Å². The number of hydrazine groups is 1. The average molecular weight is 138 g/mol. The molecule has 0 fully saturated rings. The van der Waals surface area contributed by atoms with Crippen molar-refractivity contribution in [2.45, 2.75) is 0 Å². The second kappa shape index (κ2) is 2.82. The molecule has 0 radical (unpaired) electrons. The summed E-state index contributed by atoms with van der Waals surface area (Å²) in [6, 6.07) is 0. The molecule has 0 saturated carbocycles. The summed E-state index contributed by atoms with van der Waals surface area (Å²) in [5.41, 5.74) is 5.35. The van der Waals surface area contributed by atoms with Crippen molar-refractivity contribution in [1.29, 1.82) is 0 Å². The van der Waals surface area contributed by atoms with Crippen LogP contribution >= 0.6 is 0 Å². The lowest BCUT2D eigenvalue weighted by molar-refractivity contribution is -0.127. The Morgan fingerprint density at radius 3 is 2.90 bits per heavy atom. The zero-order valence-electron chi connectivity index (χ0n) is 5.13. The van der Waals surface area contributed by atoms with E-state index in [1.807, 2.05) is 0 Å². The third-order valence-electron chi connectivity index (χ3n) is 1.02. The molecule has 0 saturated heterocycles. The number of allylic oxidation sites excluding steroid dienone is 3. The maximum Gasteiger partial charge on any atom is 0.242 e. The lowest BCUT2D eigenvalue weighted by Crippen LogP contribution is -2.32. The van der Waals surface area contributed by atoms with Crippen LogP contribution in [0.4, 0.5) is 0 Å². The number of ketones is 1. The highest BCUT2D eigenvalue weighted by Gasteiger charge is 2.06. The van der Waals surface area contributed by atoms with Crippen LogP contribution in [0.3, 0.4) is 0 Å². The first-order valence-corrected chi connectivity index (χ1v) is 2.72. The summed E-state index contributed by atoms with van der Waals surface area (Å²) < 4.78 is 0. The van der Waals surface area contributed by atoms with E-state index in [2.05, 4.69) is 10.9 Å². The van der Waals surface area contributed by atoms with Crippen LogP contribution in [0, 0.1) is 0 Å². The first kappa shape index (κ1) is 6.54. The van der Waals surface area contributed by atoms with E-state index in [9.17, 15) is 9.59 Å². The number of Topliss-reactive ketones (excluding diaryl/α,β-unsaturated/α-hetero) is 1. The van der Waals surface area contributed by atoms with E-state index in [0.717, 1.165) is 0 Å². The number of rotatable bonds is 2. The highest BCUT2D eigenvalue weighted by molar-refractivity contribution is 6.32. The van der Waals surface area contributed by atoms with Crippen LogP contribution in [-0.4, -0.2) is 12.1 Å². The molecule has 1 aliphatic heterocycles. The normalized spacial score (nSPS) is 14.6. The molecular formula is C6H6N2O2. The van der Waals surface area contributed by atoms with E-state index in [-0.39, 0.29) is 12.0 Å². The van der Waals surface area contributed by atoms with Gasteiger partial charge in [0.15, 0.2) is 6.29 Å². The Kier molecular flexibility index (Phi) is 1.84. The van der Waals surface area contributed by atoms with Crippen molar-refractivity contribution in [2.75, 3.05) is 0 Å². The van der Waals surface area contributed by atoms with E-state index in [1.165, 1.54) is 6.08 Å². The molecule has 2 N–H and O–H groups in total. The molecule has 1 aliphatic rings. The van der Waals surface area contributed by atoms with E-state index in [0.29, 0.717) is 0 Å². The molecular weight excluding hydrogens is 132 g/mol. The summed E-state index contributed by atoms with van der Waals surface area (Å²) >= 11 is 0. The van der Waals surface area contributed by atoms with Crippen molar-refractivity contribution in [3.8, 4) is 0 Å². The zero-order valence-corrected chi connectivity index (χ0v) is 5.13. The maximum absolute atomic E-state index is 10.6. The highest BCUT2D eigenvalue weighted by atomic mass is 16.2. The minimum Gasteiger partial charge on any atom is -0.308 e. The van der Waals surface area contributed by atoms with Gasteiger partial charge < -0.3 is 5.43 Å². The largest absolute Gasteiger partial charge is 0.308 e. The summed E-state index contributed by atoms with van der Waals surface area (Å²) in [4.78, 5) is 20.5. The number of hydrogen-bond donors (Lipinski definition) is 2. The quantitative estimate of drug-likeness (QED) is 0.390. The van der Waals surface area contributed by atoms with Gasteiger partial charge in [0, 0.05) is 6.20 Å². The van der Waals surface area contributed by atoms with Crippen LogP contribution in [0.1, 0.15) is 0 Å². The van der Waals surface area contributed by atoms with Gasteiger partial charge in [-0.3, -0.25) is 15.0 Å². The monoisotopic (exact) mass is 138 g/mol. The average Bonchev–Trinajstić information content (AvgIpc) is 2.05.